The number of nitrogens with one attached hydrogen (secondary N) is 1. The first-order chi connectivity index (χ1) is 8.92. The van der Waals surface area contributed by atoms with Crippen LogP contribution in [0.1, 0.15) is 17.5 Å². The maximum Gasteiger partial charge on any atom is 0.416 e. The minimum Gasteiger partial charge on any atom is -0.394 e. The smallest absolute Gasteiger partial charge is 0.394 e. The number of anilines is 1. The summed E-state index contributed by atoms with van der Waals surface area (Å²) in [4.78, 5) is 0. The Labute approximate surface area is 109 Å². The quantitative estimate of drug-likeness (QED) is 0.809. The Morgan fingerprint density at radius 3 is 2.63 bits per heavy atom. The first-order valence-electron chi connectivity index (χ1n) is 5.52. The highest BCUT2D eigenvalue weighted by Crippen LogP contribution is 2.31. The number of benzene rings is 1. The number of alkyl halides is 3. The molecule has 3 nitrogen and oxygen atoms in total. The molecule has 0 spiro atoms. The van der Waals surface area contributed by atoms with Gasteiger partial charge in [-0.05, 0) is 24.6 Å². The summed E-state index contributed by atoms with van der Waals surface area (Å²) in [7, 11) is 0. The van der Waals surface area contributed by atoms with E-state index in [0.29, 0.717) is 6.42 Å². The molecule has 0 aliphatic rings. The van der Waals surface area contributed by atoms with E-state index >= 15 is 0 Å². The van der Waals surface area contributed by atoms with E-state index in [2.05, 4.69) is 11.9 Å². The molecule has 1 aromatic rings. The third kappa shape index (κ3) is 4.00. The summed E-state index contributed by atoms with van der Waals surface area (Å²) < 4.78 is 37.5. The van der Waals surface area contributed by atoms with Crippen molar-refractivity contribution in [1.82, 2.24) is 0 Å². The number of nitriles is 1. The van der Waals surface area contributed by atoms with Crippen LogP contribution in [0.4, 0.5) is 18.9 Å². The molecule has 0 unspecified atom stereocenters. The first-order valence-corrected chi connectivity index (χ1v) is 5.52. The van der Waals surface area contributed by atoms with Gasteiger partial charge in [0.2, 0.25) is 0 Å². The molecule has 19 heavy (non-hydrogen) atoms. The van der Waals surface area contributed by atoms with Crippen LogP contribution in [-0.2, 0) is 6.18 Å². The molecule has 0 saturated carbocycles. The predicted octanol–water partition coefficient (Wildman–Crippen LogP) is 2.93. The van der Waals surface area contributed by atoms with Crippen molar-refractivity contribution >= 4 is 5.69 Å². The lowest BCUT2D eigenvalue weighted by Crippen LogP contribution is -2.23. The molecular formula is C13H13F3N2O. The zero-order chi connectivity index (χ0) is 14.5. The van der Waals surface area contributed by atoms with Crippen LogP contribution in [0.25, 0.3) is 0 Å². The van der Waals surface area contributed by atoms with E-state index in [1.807, 2.05) is 0 Å². The summed E-state index contributed by atoms with van der Waals surface area (Å²) >= 11 is 0. The highest BCUT2D eigenvalue weighted by Gasteiger charge is 2.31. The number of nitrogens with zero attached hydrogens (tertiary/aromatic N) is 1. The van der Waals surface area contributed by atoms with Crippen molar-refractivity contribution in [2.75, 3.05) is 11.9 Å². The first kappa shape index (κ1) is 15.1. The van der Waals surface area contributed by atoms with Crippen molar-refractivity contribution in [3.05, 3.63) is 42.0 Å². The summed E-state index contributed by atoms with van der Waals surface area (Å²) in [6, 6.07) is 4.19. The number of hydrogen-bond acceptors (Lipinski definition) is 3. The van der Waals surface area contributed by atoms with Crippen LogP contribution < -0.4 is 5.32 Å². The SMILES string of the molecule is C=CC[C@@H](CO)Nc1ccc(C(F)(F)F)cc1C#N. The van der Waals surface area contributed by atoms with Crippen molar-refractivity contribution in [3.63, 3.8) is 0 Å². The van der Waals surface area contributed by atoms with Gasteiger partial charge in [0.15, 0.2) is 0 Å². The van der Waals surface area contributed by atoms with Gasteiger partial charge in [-0.15, -0.1) is 6.58 Å². The Bertz CT molecular complexity index is 492. The van der Waals surface area contributed by atoms with E-state index in [4.69, 9.17) is 10.4 Å². The zero-order valence-corrected chi connectivity index (χ0v) is 10.0. The molecule has 0 aliphatic heterocycles. The topological polar surface area (TPSA) is 56.0 Å². The molecule has 1 atom stereocenters. The Morgan fingerprint density at radius 1 is 1.47 bits per heavy atom. The zero-order valence-electron chi connectivity index (χ0n) is 10.0. The van der Waals surface area contributed by atoms with Crippen LogP contribution in [0.2, 0.25) is 0 Å². The normalized spacial score (nSPS) is 12.6. The second-order valence-corrected chi connectivity index (χ2v) is 3.92. The van der Waals surface area contributed by atoms with Gasteiger partial charge in [0, 0.05) is 0 Å². The number of aliphatic hydroxyl groups is 1. The van der Waals surface area contributed by atoms with Gasteiger partial charge in [-0.2, -0.15) is 18.4 Å². The van der Waals surface area contributed by atoms with Crippen molar-refractivity contribution in [1.29, 1.82) is 5.26 Å². The van der Waals surface area contributed by atoms with Crippen LogP contribution in [0.5, 0.6) is 0 Å². The average molecular weight is 270 g/mol. The lowest BCUT2D eigenvalue weighted by Gasteiger charge is -2.17. The van der Waals surface area contributed by atoms with Crippen molar-refractivity contribution in [2.24, 2.45) is 0 Å². The highest BCUT2D eigenvalue weighted by molar-refractivity contribution is 5.59. The van der Waals surface area contributed by atoms with Gasteiger partial charge in [0.25, 0.3) is 0 Å². The van der Waals surface area contributed by atoms with Gasteiger partial charge >= 0.3 is 6.18 Å². The Hall–Kier alpha value is -2.00. The third-order valence-electron chi connectivity index (χ3n) is 2.50. The molecule has 0 aromatic heterocycles. The molecule has 6 heteroatoms. The van der Waals surface area contributed by atoms with Crippen molar-refractivity contribution in [2.45, 2.75) is 18.6 Å². The van der Waals surface area contributed by atoms with Gasteiger partial charge in [0.1, 0.15) is 6.07 Å². The molecule has 0 fully saturated rings. The summed E-state index contributed by atoms with van der Waals surface area (Å²) in [5.41, 5.74) is -0.729. The number of halogens is 3. The summed E-state index contributed by atoms with van der Waals surface area (Å²) in [6.07, 6.45) is -2.48. The highest BCUT2D eigenvalue weighted by atomic mass is 19.4. The fourth-order valence-electron chi connectivity index (χ4n) is 1.54. The third-order valence-corrected chi connectivity index (χ3v) is 2.50. The Morgan fingerprint density at radius 2 is 2.16 bits per heavy atom. The fraction of sp³-hybridized carbons (Fsp3) is 0.308. The molecule has 1 aromatic carbocycles. The van der Waals surface area contributed by atoms with Crippen LogP contribution in [0, 0.1) is 11.3 Å². The molecule has 0 saturated heterocycles. The van der Waals surface area contributed by atoms with Gasteiger partial charge in [0.05, 0.1) is 29.5 Å². The van der Waals surface area contributed by atoms with Gasteiger partial charge in [-0.25, -0.2) is 0 Å². The molecule has 102 valence electrons. The number of hydrogen-bond donors (Lipinski definition) is 2. The lowest BCUT2D eigenvalue weighted by atomic mass is 10.1. The maximum atomic E-state index is 12.5. The second kappa shape index (κ2) is 6.25. The van der Waals surface area contributed by atoms with E-state index in [-0.39, 0.29) is 23.9 Å². The molecule has 0 amide bonds. The van der Waals surface area contributed by atoms with Crippen molar-refractivity contribution in [3.8, 4) is 6.07 Å². The minimum absolute atomic E-state index is 0.114. The maximum absolute atomic E-state index is 12.5. The Balaban J connectivity index is 3.03. The van der Waals surface area contributed by atoms with Gasteiger partial charge < -0.3 is 10.4 Å². The molecule has 0 radical (unpaired) electrons. The molecule has 0 bridgehead atoms. The molecule has 1 rings (SSSR count). The predicted molar refractivity (Wildman–Crippen MR) is 65.5 cm³/mol. The minimum atomic E-state index is -4.48. The summed E-state index contributed by atoms with van der Waals surface area (Å²) in [6.45, 7) is 3.30. The van der Waals surface area contributed by atoms with E-state index in [9.17, 15) is 13.2 Å². The average Bonchev–Trinajstić information content (AvgIpc) is 2.37. The van der Waals surface area contributed by atoms with Crippen LogP contribution in [0.15, 0.2) is 30.9 Å². The van der Waals surface area contributed by atoms with Gasteiger partial charge in [-0.1, -0.05) is 6.08 Å². The summed E-state index contributed by atoms with van der Waals surface area (Å²) in [5.74, 6) is 0. The fourth-order valence-corrected chi connectivity index (χ4v) is 1.54. The molecular weight excluding hydrogens is 257 g/mol. The van der Waals surface area contributed by atoms with Crippen LogP contribution in [0.3, 0.4) is 0 Å². The number of rotatable bonds is 5. The van der Waals surface area contributed by atoms with Crippen LogP contribution in [-0.4, -0.2) is 17.8 Å². The summed E-state index contributed by atoms with van der Waals surface area (Å²) in [5, 5.41) is 20.8. The number of aliphatic hydroxyl groups excluding tert-OH is 1. The monoisotopic (exact) mass is 270 g/mol. The van der Waals surface area contributed by atoms with Gasteiger partial charge in [-0.3, -0.25) is 0 Å². The molecule has 2 N–H and O–H groups in total. The van der Waals surface area contributed by atoms with E-state index in [1.54, 1.807) is 12.1 Å². The molecule has 0 aliphatic carbocycles. The second-order valence-electron chi connectivity index (χ2n) is 3.92. The largest absolute Gasteiger partial charge is 0.416 e. The van der Waals surface area contributed by atoms with E-state index in [0.717, 1.165) is 12.1 Å². The standard InChI is InChI=1S/C13H13F3N2O/c1-2-3-11(8-19)18-12-5-4-10(13(14,15)16)6-9(12)7-17/h2,4-6,11,18-19H,1,3,8H2/t11-/m0/s1. The van der Waals surface area contributed by atoms with Crippen molar-refractivity contribution < 1.29 is 18.3 Å². The lowest BCUT2D eigenvalue weighted by molar-refractivity contribution is -0.137. The Kier molecular flexibility index (Phi) is 4.95. The van der Waals surface area contributed by atoms with Crippen LogP contribution >= 0.6 is 0 Å². The van der Waals surface area contributed by atoms with E-state index in [1.165, 1.54) is 6.07 Å². The van der Waals surface area contributed by atoms with E-state index < -0.39 is 11.7 Å². The molecule has 0 heterocycles.